The maximum absolute atomic E-state index is 14.5. The quantitative estimate of drug-likeness (QED) is 0.487. The minimum Gasteiger partial charge on any atom is -1.00 e. The summed E-state index contributed by atoms with van der Waals surface area (Å²) in [6, 6.07) is 25.4. The van der Waals surface area contributed by atoms with E-state index >= 15 is 0 Å². The molecular weight excluding hydrogens is 450 g/mol. The summed E-state index contributed by atoms with van der Waals surface area (Å²) in [5, 5.41) is 3.79. The monoisotopic (exact) mass is 482 g/mol. The Morgan fingerprint density at radius 3 is 1.82 bits per heavy atom. The fraction of sp³-hybridized carbons (Fsp3) is 0.379. The number of halogens is 3. The molecule has 0 radical (unpaired) electrons. The zero-order valence-corrected chi connectivity index (χ0v) is 20.2. The smallest absolute Gasteiger partial charge is 0.132 e. The van der Waals surface area contributed by atoms with E-state index in [4.69, 9.17) is 0 Å². The van der Waals surface area contributed by atoms with Gasteiger partial charge in [0.1, 0.15) is 24.7 Å². The molecule has 3 aromatic carbocycles. The summed E-state index contributed by atoms with van der Waals surface area (Å²) < 4.78 is 29.7. The minimum atomic E-state index is -0.159. The fourth-order valence-corrected chi connectivity index (χ4v) is 5.53. The van der Waals surface area contributed by atoms with Crippen LogP contribution in [0, 0.1) is 17.6 Å². The van der Waals surface area contributed by atoms with Crippen molar-refractivity contribution in [3.8, 4) is 0 Å². The molecule has 2 aliphatic rings. The highest BCUT2D eigenvalue weighted by Crippen LogP contribution is 2.41. The van der Waals surface area contributed by atoms with Crippen LogP contribution in [-0.2, 0) is 13.1 Å². The highest BCUT2D eigenvalue weighted by atomic mass is 35.5. The van der Waals surface area contributed by atoms with Gasteiger partial charge >= 0.3 is 0 Å². The molecule has 5 heteroatoms. The Balaban J connectivity index is 0.00000274. The maximum atomic E-state index is 14.5. The first-order valence-corrected chi connectivity index (χ1v) is 12.2. The minimum absolute atomic E-state index is 0. The third-order valence-corrected chi connectivity index (χ3v) is 7.64. The average molecular weight is 483 g/mol. The first-order chi connectivity index (χ1) is 16.1. The summed E-state index contributed by atoms with van der Waals surface area (Å²) in [7, 11) is 0. The van der Waals surface area contributed by atoms with E-state index in [1.54, 1.807) is 12.1 Å². The first kappa shape index (κ1) is 24.8. The number of piperidine rings is 1. The lowest BCUT2D eigenvalue weighted by molar-refractivity contribution is -0.958. The molecule has 3 aromatic rings. The van der Waals surface area contributed by atoms with Crippen LogP contribution in [0.5, 0.6) is 0 Å². The molecule has 2 fully saturated rings. The molecule has 0 bridgehead atoms. The van der Waals surface area contributed by atoms with Crippen molar-refractivity contribution in [2.45, 2.75) is 44.3 Å². The summed E-state index contributed by atoms with van der Waals surface area (Å²) in [6.45, 7) is 4.15. The van der Waals surface area contributed by atoms with Gasteiger partial charge in [-0.15, -0.1) is 0 Å². The molecule has 1 heterocycles. The molecule has 0 spiro atoms. The lowest BCUT2D eigenvalue weighted by atomic mass is 9.93. The van der Waals surface area contributed by atoms with Crippen LogP contribution in [0.4, 0.5) is 8.78 Å². The molecule has 1 saturated carbocycles. The largest absolute Gasteiger partial charge is 1.00 e. The predicted molar refractivity (Wildman–Crippen MR) is 129 cm³/mol. The van der Waals surface area contributed by atoms with Crippen LogP contribution >= 0.6 is 0 Å². The second-order valence-corrected chi connectivity index (χ2v) is 10.00. The van der Waals surface area contributed by atoms with Gasteiger partial charge in [-0.25, -0.2) is 8.78 Å². The van der Waals surface area contributed by atoms with Crippen molar-refractivity contribution in [2.75, 3.05) is 19.6 Å². The Morgan fingerprint density at radius 1 is 0.735 bits per heavy atom. The number of nitrogens with zero attached hydrogens (tertiary/aromatic N) is 1. The van der Waals surface area contributed by atoms with E-state index in [0.29, 0.717) is 35.5 Å². The Morgan fingerprint density at radius 2 is 1.26 bits per heavy atom. The molecule has 5 rings (SSSR count). The predicted octanol–water partition coefficient (Wildman–Crippen LogP) is 3.04. The molecule has 0 amide bonds. The Kier molecular flexibility index (Phi) is 8.02. The van der Waals surface area contributed by atoms with Crippen LogP contribution in [0.25, 0.3) is 0 Å². The number of hydrogen-bond donors (Lipinski definition) is 1. The molecule has 1 saturated heterocycles. The molecule has 34 heavy (non-hydrogen) atoms. The van der Waals surface area contributed by atoms with Crippen molar-refractivity contribution in [1.29, 1.82) is 0 Å². The molecular formula is C29H33ClF2N2. The molecule has 0 aromatic heterocycles. The zero-order valence-electron chi connectivity index (χ0n) is 19.5. The molecule has 180 valence electrons. The summed E-state index contributed by atoms with van der Waals surface area (Å²) in [4.78, 5) is 0. The standard InChI is InChI=1S/C29H33F2N2.ClH/c30-27-12-6-4-10-24(27)20-33(21-25-11-5-7-13-28(25)31)16-14-22(15-17-33)19-32-29-18-26(29)23-8-2-1-3-9-23;/h1-13,22,26,29,32H,14-21H2;1H/q+1;/p-1. The molecule has 2 nitrogen and oxygen atoms in total. The zero-order chi connectivity index (χ0) is 22.7. The molecule has 2 atom stereocenters. The molecule has 1 aliphatic heterocycles. The van der Waals surface area contributed by atoms with Gasteiger partial charge in [0, 0.05) is 35.9 Å². The van der Waals surface area contributed by atoms with Crippen LogP contribution in [0.2, 0.25) is 0 Å². The number of benzene rings is 3. The normalized spacial score (nSPS) is 21.6. The van der Waals surface area contributed by atoms with E-state index in [1.807, 2.05) is 24.3 Å². The first-order valence-electron chi connectivity index (χ1n) is 12.2. The molecule has 1 N–H and O–H groups in total. The number of likely N-dealkylation sites (tertiary alicyclic amines) is 1. The van der Waals surface area contributed by atoms with Crippen LogP contribution in [-0.4, -0.2) is 30.2 Å². The second kappa shape index (κ2) is 11.0. The summed E-state index contributed by atoms with van der Waals surface area (Å²) in [5.74, 6) is 0.947. The van der Waals surface area contributed by atoms with Gasteiger partial charge in [-0.2, -0.15) is 0 Å². The van der Waals surface area contributed by atoms with E-state index in [0.717, 1.165) is 43.6 Å². The van der Waals surface area contributed by atoms with Crippen LogP contribution in [0.1, 0.15) is 41.9 Å². The molecule has 2 unspecified atom stereocenters. The topological polar surface area (TPSA) is 12.0 Å². The van der Waals surface area contributed by atoms with Gasteiger partial charge in [-0.1, -0.05) is 66.7 Å². The van der Waals surface area contributed by atoms with E-state index in [-0.39, 0.29) is 24.0 Å². The van der Waals surface area contributed by atoms with Crippen molar-refractivity contribution in [1.82, 2.24) is 5.32 Å². The van der Waals surface area contributed by atoms with Gasteiger partial charge in [0.2, 0.25) is 0 Å². The van der Waals surface area contributed by atoms with E-state index in [2.05, 4.69) is 35.6 Å². The summed E-state index contributed by atoms with van der Waals surface area (Å²) in [6.07, 6.45) is 3.38. The third kappa shape index (κ3) is 5.86. The van der Waals surface area contributed by atoms with Gasteiger partial charge < -0.3 is 22.2 Å². The van der Waals surface area contributed by atoms with Crippen LogP contribution in [0.15, 0.2) is 78.9 Å². The average Bonchev–Trinajstić information content (AvgIpc) is 3.62. The van der Waals surface area contributed by atoms with E-state index in [9.17, 15) is 8.78 Å². The van der Waals surface area contributed by atoms with E-state index < -0.39 is 0 Å². The summed E-state index contributed by atoms with van der Waals surface area (Å²) >= 11 is 0. The summed E-state index contributed by atoms with van der Waals surface area (Å²) in [5.41, 5.74) is 2.90. The Bertz CT molecular complexity index is 1020. The van der Waals surface area contributed by atoms with Gasteiger partial charge in [-0.05, 0) is 36.6 Å². The third-order valence-electron chi connectivity index (χ3n) is 7.64. The van der Waals surface area contributed by atoms with Gasteiger partial charge in [0.15, 0.2) is 0 Å². The highest BCUT2D eigenvalue weighted by molar-refractivity contribution is 5.27. The second-order valence-electron chi connectivity index (χ2n) is 10.00. The number of hydrogen-bond acceptors (Lipinski definition) is 1. The van der Waals surface area contributed by atoms with Crippen LogP contribution in [0.3, 0.4) is 0 Å². The lowest BCUT2D eigenvalue weighted by Crippen LogP contribution is -3.00. The number of rotatable bonds is 8. The fourth-order valence-electron chi connectivity index (χ4n) is 5.53. The Hall–Kier alpha value is -2.27. The van der Waals surface area contributed by atoms with Crippen molar-refractivity contribution in [3.63, 3.8) is 0 Å². The van der Waals surface area contributed by atoms with Crippen molar-refractivity contribution >= 4 is 0 Å². The van der Waals surface area contributed by atoms with Gasteiger partial charge in [-0.3, -0.25) is 0 Å². The van der Waals surface area contributed by atoms with Gasteiger partial charge in [0.05, 0.1) is 13.1 Å². The highest BCUT2D eigenvalue weighted by Gasteiger charge is 2.40. The van der Waals surface area contributed by atoms with Crippen molar-refractivity contribution in [2.24, 2.45) is 5.92 Å². The number of quaternary nitrogens is 1. The van der Waals surface area contributed by atoms with Crippen molar-refractivity contribution < 1.29 is 25.7 Å². The maximum Gasteiger partial charge on any atom is 0.132 e. The lowest BCUT2D eigenvalue weighted by Gasteiger charge is -2.44. The van der Waals surface area contributed by atoms with E-state index in [1.165, 1.54) is 24.1 Å². The molecule has 1 aliphatic carbocycles. The SMILES string of the molecule is Fc1ccccc1C[N+]1(Cc2ccccc2F)CCC(CNC2CC2c2ccccc2)CC1.[Cl-]. The van der Waals surface area contributed by atoms with Crippen molar-refractivity contribution in [3.05, 3.63) is 107 Å². The van der Waals surface area contributed by atoms with Crippen LogP contribution < -0.4 is 17.7 Å². The Labute approximate surface area is 208 Å². The van der Waals surface area contributed by atoms with Gasteiger partial charge in [0.25, 0.3) is 0 Å². The number of nitrogens with one attached hydrogen (secondary N) is 1.